The van der Waals surface area contributed by atoms with Crippen LogP contribution in [0.1, 0.15) is 64.8 Å². The summed E-state index contributed by atoms with van der Waals surface area (Å²) in [4.78, 5) is 30.1. The number of aryl methyl sites for hydroxylation is 1. The van der Waals surface area contributed by atoms with Gasteiger partial charge in [0.2, 0.25) is 0 Å². The van der Waals surface area contributed by atoms with E-state index in [1.54, 1.807) is 6.20 Å². The van der Waals surface area contributed by atoms with Gasteiger partial charge >= 0.3 is 11.9 Å². The molecular formula is C21H32N2O4. The van der Waals surface area contributed by atoms with Gasteiger partial charge in [0.1, 0.15) is 11.1 Å². The van der Waals surface area contributed by atoms with Gasteiger partial charge in [-0.1, -0.05) is 19.9 Å². The average Bonchev–Trinajstić information content (AvgIpc) is 2.93. The number of nitrogens with one attached hydrogen (secondary N) is 1. The first kappa shape index (κ1) is 21.4. The van der Waals surface area contributed by atoms with Crippen LogP contribution in [0, 0.1) is 18.8 Å². The van der Waals surface area contributed by atoms with Crippen LogP contribution in [0.3, 0.4) is 0 Å². The highest BCUT2D eigenvalue weighted by atomic mass is 16.6. The number of nitrogens with zero attached hydrogens (tertiary/aromatic N) is 1. The van der Waals surface area contributed by atoms with Gasteiger partial charge in [-0.05, 0) is 58.1 Å². The Morgan fingerprint density at radius 1 is 1.33 bits per heavy atom. The summed E-state index contributed by atoms with van der Waals surface area (Å²) < 4.78 is 10.7. The maximum Gasteiger partial charge on any atom is 0.326 e. The Bertz CT molecular complexity index is 678. The zero-order valence-corrected chi connectivity index (χ0v) is 17.5. The Balaban J connectivity index is 2.44. The number of methoxy groups -OCH3 is 1. The molecule has 2 rings (SSSR count). The molecule has 0 aromatic carbocycles. The minimum absolute atomic E-state index is 0.244. The van der Waals surface area contributed by atoms with Gasteiger partial charge in [-0.25, -0.2) is 0 Å². The fourth-order valence-electron chi connectivity index (χ4n) is 3.71. The molecule has 0 aliphatic carbocycles. The first-order valence-corrected chi connectivity index (χ1v) is 9.49. The van der Waals surface area contributed by atoms with Crippen LogP contribution in [0.2, 0.25) is 0 Å². The van der Waals surface area contributed by atoms with E-state index in [1.807, 2.05) is 39.8 Å². The predicted molar refractivity (Wildman–Crippen MR) is 103 cm³/mol. The second-order valence-corrected chi connectivity index (χ2v) is 8.90. The topological polar surface area (TPSA) is 77.5 Å². The van der Waals surface area contributed by atoms with Crippen LogP contribution >= 0.6 is 0 Å². The van der Waals surface area contributed by atoms with Gasteiger partial charge in [-0.2, -0.15) is 0 Å². The Morgan fingerprint density at radius 2 is 2.00 bits per heavy atom. The van der Waals surface area contributed by atoms with Crippen LogP contribution in [-0.4, -0.2) is 35.2 Å². The maximum absolute atomic E-state index is 13.1. The molecule has 6 heteroatoms. The molecule has 0 saturated carbocycles. The molecule has 1 aromatic heterocycles. The first-order valence-electron chi connectivity index (χ1n) is 9.49. The molecule has 3 atom stereocenters. The second kappa shape index (κ2) is 7.97. The van der Waals surface area contributed by atoms with Crippen molar-refractivity contribution in [3.8, 4) is 0 Å². The van der Waals surface area contributed by atoms with Crippen molar-refractivity contribution in [2.24, 2.45) is 11.8 Å². The number of hydrogen-bond donors (Lipinski definition) is 1. The standard InChI is InChI=1S/C21H32N2O4/c1-13(2)10-21(19(25)27-20(4,5)6)11-15(18(24)26-7)17(23-21)16-9-8-14(3)12-22-16/h8-9,12-13,15,17,23H,10-11H2,1-7H3/t15-,17+,21-/m0/s1. The van der Waals surface area contributed by atoms with Gasteiger partial charge < -0.3 is 9.47 Å². The SMILES string of the molecule is COC(=O)[C@H]1C[C@@](CC(C)C)(C(=O)OC(C)(C)C)N[C@H]1c1ccc(C)cn1. The lowest BCUT2D eigenvalue weighted by Gasteiger charge is -2.33. The van der Waals surface area contributed by atoms with Crippen molar-refractivity contribution in [1.29, 1.82) is 0 Å². The third-order valence-corrected chi connectivity index (χ3v) is 4.71. The molecule has 0 amide bonds. The fraction of sp³-hybridized carbons (Fsp3) is 0.667. The lowest BCUT2D eigenvalue weighted by Crippen LogP contribution is -2.52. The number of hydrogen-bond acceptors (Lipinski definition) is 6. The third-order valence-electron chi connectivity index (χ3n) is 4.71. The molecule has 27 heavy (non-hydrogen) atoms. The highest BCUT2D eigenvalue weighted by Gasteiger charge is 2.55. The fourth-order valence-corrected chi connectivity index (χ4v) is 3.71. The molecule has 0 bridgehead atoms. The molecule has 1 fully saturated rings. The van der Waals surface area contributed by atoms with E-state index < -0.39 is 23.1 Å². The molecule has 150 valence electrons. The molecular weight excluding hydrogens is 344 g/mol. The normalized spacial score (nSPS) is 25.5. The van der Waals surface area contributed by atoms with Crippen LogP contribution in [0.5, 0.6) is 0 Å². The Labute approximate surface area is 162 Å². The van der Waals surface area contributed by atoms with Gasteiger partial charge in [-0.3, -0.25) is 19.9 Å². The van der Waals surface area contributed by atoms with Gasteiger partial charge in [0.15, 0.2) is 0 Å². The molecule has 0 unspecified atom stereocenters. The Hall–Kier alpha value is -1.95. The van der Waals surface area contributed by atoms with E-state index in [1.165, 1.54) is 7.11 Å². The van der Waals surface area contributed by atoms with Gasteiger partial charge in [-0.15, -0.1) is 0 Å². The van der Waals surface area contributed by atoms with Gasteiger partial charge in [0, 0.05) is 6.20 Å². The van der Waals surface area contributed by atoms with Gasteiger partial charge in [0.25, 0.3) is 0 Å². The molecule has 0 spiro atoms. The molecule has 2 heterocycles. The smallest absolute Gasteiger partial charge is 0.326 e. The van der Waals surface area contributed by atoms with Crippen molar-refractivity contribution in [2.45, 2.75) is 71.6 Å². The monoisotopic (exact) mass is 376 g/mol. The zero-order chi connectivity index (χ0) is 20.4. The van der Waals surface area contributed by atoms with Crippen LogP contribution in [0.15, 0.2) is 18.3 Å². The van der Waals surface area contributed by atoms with Crippen molar-refractivity contribution in [1.82, 2.24) is 10.3 Å². The lowest BCUT2D eigenvalue weighted by molar-refractivity contribution is -0.163. The summed E-state index contributed by atoms with van der Waals surface area (Å²) in [6, 6.07) is 3.45. The Kier molecular flexibility index (Phi) is 6.30. The molecule has 1 aliphatic rings. The van der Waals surface area contributed by atoms with Crippen molar-refractivity contribution < 1.29 is 19.1 Å². The molecule has 1 saturated heterocycles. The van der Waals surface area contributed by atoms with Crippen LogP contribution < -0.4 is 5.32 Å². The lowest BCUT2D eigenvalue weighted by atomic mass is 9.84. The van der Waals surface area contributed by atoms with Crippen molar-refractivity contribution in [3.05, 3.63) is 29.6 Å². The van der Waals surface area contributed by atoms with E-state index in [2.05, 4.69) is 24.1 Å². The largest absolute Gasteiger partial charge is 0.469 e. The summed E-state index contributed by atoms with van der Waals surface area (Å²) in [7, 11) is 1.37. The van der Waals surface area contributed by atoms with Crippen LogP contribution in [0.25, 0.3) is 0 Å². The van der Waals surface area contributed by atoms with Crippen LogP contribution in [-0.2, 0) is 19.1 Å². The van der Waals surface area contributed by atoms with E-state index in [4.69, 9.17) is 9.47 Å². The van der Waals surface area contributed by atoms with Crippen molar-refractivity contribution >= 4 is 11.9 Å². The summed E-state index contributed by atoms with van der Waals surface area (Å²) in [5.74, 6) is -0.930. The molecule has 6 nitrogen and oxygen atoms in total. The number of carbonyl (C=O) groups is 2. The van der Waals surface area contributed by atoms with Crippen molar-refractivity contribution in [3.63, 3.8) is 0 Å². The van der Waals surface area contributed by atoms with E-state index in [0.717, 1.165) is 11.3 Å². The minimum atomic E-state index is -0.947. The number of ether oxygens (including phenoxy) is 2. The average molecular weight is 376 g/mol. The van der Waals surface area contributed by atoms with Gasteiger partial charge in [0.05, 0.1) is 24.8 Å². The summed E-state index contributed by atoms with van der Waals surface area (Å²) in [5.41, 5.74) is 0.207. The van der Waals surface area contributed by atoms with E-state index in [0.29, 0.717) is 12.8 Å². The Morgan fingerprint density at radius 3 is 2.48 bits per heavy atom. The summed E-state index contributed by atoms with van der Waals surface area (Å²) in [6.07, 6.45) is 2.66. The zero-order valence-electron chi connectivity index (χ0n) is 17.5. The first-order chi connectivity index (χ1) is 12.5. The molecule has 1 aliphatic heterocycles. The van der Waals surface area contributed by atoms with Crippen molar-refractivity contribution in [2.75, 3.05) is 7.11 Å². The molecule has 1 N–H and O–H groups in total. The minimum Gasteiger partial charge on any atom is -0.469 e. The highest BCUT2D eigenvalue weighted by molar-refractivity contribution is 5.84. The third kappa shape index (κ3) is 5.06. The number of pyridine rings is 1. The predicted octanol–water partition coefficient (Wildman–Crippen LogP) is 3.34. The number of rotatable bonds is 5. The van der Waals surface area contributed by atoms with E-state index in [-0.39, 0.29) is 17.9 Å². The second-order valence-electron chi connectivity index (χ2n) is 8.90. The number of aromatic nitrogens is 1. The highest BCUT2D eigenvalue weighted by Crippen LogP contribution is 2.42. The maximum atomic E-state index is 13.1. The number of carbonyl (C=O) groups excluding carboxylic acids is 2. The van der Waals surface area contributed by atoms with E-state index in [9.17, 15) is 9.59 Å². The molecule has 0 radical (unpaired) electrons. The number of esters is 2. The van der Waals surface area contributed by atoms with E-state index >= 15 is 0 Å². The quantitative estimate of drug-likeness (QED) is 0.794. The molecule has 1 aromatic rings. The van der Waals surface area contributed by atoms with Crippen LogP contribution in [0.4, 0.5) is 0 Å². The summed E-state index contributed by atoms with van der Waals surface area (Å²) in [6.45, 7) is 11.6. The summed E-state index contributed by atoms with van der Waals surface area (Å²) >= 11 is 0. The summed E-state index contributed by atoms with van der Waals surface area (Å²) in [5, 5.41) is 3.42.